The fourth-order valence-corrected chi connectivity index (χ4v) is 2.34. The van der Waals surface area contributed by atoms with Crippen LogP contribution in [0.2, 0.25) is 0 Å². The molecule has 0 spiro atoms. The van der Waals surface area contributed by atoms with Crippen molar-refractivity contribution in [1.82, 2.24) is 10.2 Å². The van der Waals surface area contributed by atoms with E-state index in [9.17, 15) is 19.3 Å². The molecule has 0 radical (unpaired) electrons. The van der Waals surface area contributed by atoms with Gasteiger partial charge in [-0.1, -0.05) is 12.1 Å². The molecule has 0 N–H and O–H groups in total. The molecule has 0 aliphatic carbocycles. The van der Waals surface area contributed by atoms with Gasteiger partial charge in [-0.15, -0.1) is 10.2 Å². The quantitative estimate of drug-likeness (QED) is 0.370. The maximum absolute atomic E-state index is 13.2. The third-order valence-corrected chi connectivity index (χ3v) is 3.66. The zero-order valence-corrected chi connectivity index (χ0v) is 14.2. The van der Waals surface area contributed by atoms with E-state index in [0.717, 1.165) is 0 Å². The van der Waals surface area contributed by atoms with Gasteiger partial charge in [0, 0.05) is 17.7 Å². The normalized spacial score (nSPS) is 11.8. The van der Waals surface area contributed by atoms with Gasteiger partial charge in [-0.25, -0.2) is 4.39 Å². The lowest BCUT2D eigenvalue weighted by atomic mass is 10.1. The number of ether oxygens (including phenoxy) is 1. The zero-order valence-electron chi connectivity index (χ0n) is 14.2. The van der Waals surface area contributed by atoms with Crippen LogP contribution in [0.5, 0.6) is 0 Å². The van der Waals surface area contributed by atoms with Crippen molar-refractivity contribution in [2.75, 3.05) is 0 Å². The van der Waals surface area contributed by atoms with Crippen LogP contribution in [0.25, 0.3) is 11.5 Å². The molecule has 0 bridgehead atoms. The molecule has 138 valence electrons. The summed E-state index contributed by atoms with van der Waals surface area (Å²) in [5.41, 5.74) is 0.931. The summed E-state index contributed by atoms with van der Waals surface area (Å²) in [6, 6.07) is 11.3. The van der Waals surface area contributed by atoms with Gasteiger partial charge < -0.3 is 9.15 Å². The molecule has 0 unspecified atom stereocenters. The van der Waals surface area contributed by atoms with Crippen LogP contribution in [-0.2, 0) is 16.0 Å². The minimum Gasteiger partial charge on any atom is -0.452 e. The second-order valence-corrected chi connectivity index (χ2v) is 5.69. The molecule has 3 aromatic rings. The number of hydrogen-bond acceptors (Lipinski definition) is 7. The fourth-order valence-electron chi connectivity index (χ4n) is 2.34. The molecule has 0 saturated carbocycles. The van der Waals surface area contributed by atoms with E-state index in [1.54, 1.807) is 13.0 Å². The summed E-state index contributed by atoms with van der Waals surface area (Å²) in [5, 5.41) is 18.4. The minimum absolute atomic E-state index is 0.0573. The van der Waals surface area contributed by atoms with Crippen LogP contribution in [0.3, 0.4) is 0 Å². The number of benzene rings is 2. The van der Waals surface area contributed by atoms with Gasteiger partial charge in [-0.3, -0.25) is 14.9 Å². The molecule has 0 aliphatic heterocycles. The molecule has 2 aromatic carbocycles. The van der Waals surface area contributed by atoms with E-state index in [1.165, 1.54) is 42.5 Å². The number of nitrogens with zero attached hydrogens (tertiary/aromatic N) is 3. The summed E-state index contributed by atoms with van der Waals surface area (Å²) in [7, 11) is 0. The van der Waals surface area contributed by atoms with Crippen LogP contribution in [0.15, 0.2) is 52.9 Å². The van der Waals surface area contributed by atoms with Gasteiger partial charge >= 0.3 is 5.97 Å². The first kappa shape index (κ1) is 18.2. The van der Waals surface area contributed by atoms with E-state index in [0.29, 0.717) is 11.1 Å². The van der Waals surface area contributed by atoms with Gasteiger partial charge in [0.2, 0.25) is 5.89 Å². The van der Waals surface area contributed by atoms with E-state index in [2.05, 4.69) is 10.2 Å². The number of hydrogen-bond donors (Lipinski definition) is 0. The largest absolute Gasteiger partial charge is 0.452 e. The number of rotatable bonds is 6. The lowest BCUT2D eigenvalue weighted by Gasteiger charge is -2.09. The number of aromatic nitrogens is 2. The first-order chi connectivity index (χ1) is 12.9. The maximum atomic E-state index is 13.2. The molecule has 27 heavy (non-hydrogen) atoms. The van der Waals surface area contributed by atoms with Crippen LogP contribution in [0, 0.1) is 15.9 Å². The highest BCUT2D eigenvalue weighted by Gasteiger charge is 2.19. The third-order valence-electron chi connectivity index (χ3n) is 3.66. The maximum Gasteiger partial charge on any atom is 0.311 e. The Kier molecular flexibility index (Phi) is 5.20. The number of halogens is 1. The topological polar surface area (TPSA) is 108 Å². The van der Waals surface area contributed by atoms with Crippen molar-refractivity contribution >= 4 is 11.7 Å². The molecule has 8 nitrogen and oxygen atoms in total. The molecule has 1 heterocycles. The van der Waals surface area contributed by atoms with E-state index >= 15 is 0 Å². The summed E-state index contributed by atoms with van der Waals surface area (Å²) in [4.78, 5) is 22.2. The van der Waals surface area contributed by atoms with Crippen molar-refractivity contribution in [3.8, 4) is 11.5 Å². The Balaban J connectivity index is 1.64. The minimum atomic E-state index is -0.801. The molecule has 9 heteroatoms. The van der Waals surface area contributed by atoms with Crippen LogP contribution >= 0.6 is 0 Å². The number of carbonyl (C=O) groups is 1. The Morgan fingerprint density at radius 1 is 1.26 bits per heavy atom. The van der Waals surface area contributed by atoms with Gasteiger partial charge in [0.1, 0.15) is 5.82 Å². The Hall–Kier alpha value is -3.62. The predicted octanol–water partition coefficient (Wildman–Crippen LogP) is 3.63. The van der Waals surface area contributed by atoms with Crippen molar-refractivity contribution in [2.45, 2.75) is 19.4 Å². The molecule has 0 saturated heterocycles. The van der Waals surface area contributed by atoms with Crippen molar-refractivity contribution in [3.05, 3.63) is 75.9 Å². The zero-order chi connectivity index (χ0) is 19.4. The number of non-ortho nitro benzene ring substituents is 1. The number of carbonyl (C=O) groups excluding carboxylic acids is 1. The van der Waals surface area contributed by atoms with Crippen LogP contribution in [0.1, 0.15) is 24.5 Å². The molecule has 1 atom stereocenters. The van der Waals surface area contributed by atoms with Crippen molar-refractivity contribution < 1.29 is 23.3 Å². The molecule has 3 rings (SSSR count). The SMILES string of the molecule is C[C@@H](OC(=O)Cc1cccc(F)c1)c1nnc(-c2ccc([N+](=O)[O-])cc2)o1. The summed E-state index contributed by atoms with van der Waals surface area (Å²) in [5.74, 6) is -0.773. The number of nitro groups is 1. The molecule has 1 aromatic heterocycles. The smallest absolute Gasteiger partial charge is 0.311 e. The van der Waals surface area contributed by atoms with E-state index in [4.69, 9.17) is 9.15 Å². The van der Waals surface area contributed by atoms with Gasteiger partial charge in [-0.2, -0.15) is 0 Å². The van der Waals surface area contributed by atoms with Crippen LogP contribution in [0.4, 0.5) is 10.1 Å². The highest BCUT2D eigenvalue weighted by Crippen LogP contribution is 2.24. The first-order valence-corrected chi connectivity index (χ1v) is 7.94. The van der Waals surface area contributed by atoms with Crippen LogP contribution in [-0.4, -0.2) is 21.1 Å². The second-order valence-electron chi connectivity index (χ2n) is 5.69. The molecule has 0 fully saturated rings. The predicted molar refractivity (Wildman–Crippen MR) is 91.0 cm³/mol. The third kappa shape index (κ3) is 4.51. The molecule has 0 aliphatic rings. The standard InChI is InChI=1S/C18H14FN3O5/c1-11(26-16(23)10-12-3-2-4-14(19)9-12)17-20-21-18(27-17)13-5-7-15(8-6-13)22(24)25/h2-9,11H,10H2,1H3/t11-/m1/s1. The molecular formula is C18H14FN3O5. The Morgan fingerprint density at radius 2 is 2.00 bits per heavy atom. The van der Waals surface area contributed by atoms with E-state index in [-0.39, 0.29) is 23.9 Å². The summed E-state index contributed by atoms with van der Waals surface area (Å²) < 4.78 is 23.9. The second kappa shape index (κ2) is 7.73. The van der Waals surface area contributed by atoms with Crippen molar-refractivity contribution in [1.29, 1.82) is 0 Å². The number of esters is 1. The van der Waals surface area contributed by atoms with Crippen LogP contribution < -0.4 is 0 Å². The van der Waals surface area contributed by atoms with Gasteiger partial charge in [0.15, 0.2) is 6.10 Å². The molecule has 0 amide bonds. The molecular weight excluding hydrogens is 357 g/mol. The fraction of sp³-hybridized carbons (Fsp3) is 0.167. The van der Waals surface area contributed by atoms with E-state index in [1.807, 2.05) is 0 Å². The Morgan fingerprint density at radius 3 is 2.67 bits per heavy atom. The van der Waals surface area contributed by atoms with Crippen molar-refractivity contribution in [3.63, 3.8) is 0 Å². The Labute approximate surface area is 152 Å². The average Bonchev–Trinajstić information content (AvgIpc) is 3.12. The summed E-state index contributed by atoms with van der Waals surface area (Å²) >= 11 is 0. The van der Waals surface area contributed by atoms with E-state index < -0.39 is 22.8 Å². The van der Waals surface area contributed by atoms with Gasteiger partial charge in [-0.05, 0) is 36.8 Å². The number of nitro benzene ring substituents is 1. The lowest BCUT2D eigenvalue weighted by molar-refractivity contribution is -0.384. The van der Waals surface area contributed by atoms with Gasteiger partial charge in [0.05, 0.1) is 11.3 Å². The summed E-state index contributed by atoms with van der Waals surface area (Å²) in [6.07, 6.45) is -0.892. The monoisotopic (exact) mass is 371 g/mol. The highest BCUT2D eigenvalue weighted by molar-refractivity contribution is 5.72. The van der Waals surface area contributed by atoms with Gasteiger partial charge in [0.25, 0.3) is 11.6 Å². The van der Waals surface area contributed by atoms with Crippen molar-refractivity contribution in [2.24, 2.45) is 0 Å². The Bertz CT molecular complexity index is 971. The average molecular weight is 371 g/mol. The highest BCUT2D eigenvalue weighted by atomic mass is 19.1. The summed E-state index contributed by atoms with van der Waals surface area (Å²) in [6.45, 7) is 1.57. The lowest BCUT2D eigenvalue weighted by Crippen LogP contribution is -2.11. The first-order valence-electron chi connectivity index (χ1n) is 7.94.